The summed E-state index contributed by atoms with van der Waals surface area (Å²) in [5.41, 5.74) is 7.31. The van der Waals surface area contributed by atoms with Crippen LogP contribution < -0.4 is 5.73 Å². The van der Waals surface area contributed by atoms with Crippen molar-refractivity contribution in [3.05, 3.63) is 18.2 Å². The Morgan fingerprint density at radius 3 is 2.62 bits per heavy atom. The zero-order valence-corrected chi connectivity index (χ0v) is 11.7. The van der Waals surface area contributed by atoms with E-state index in [4.69, 9.17) is 5.73 Å². The number of rotatable bonds is 5. The molecule has 1 aromatic heterocycles. The van der Waals surface area contributed by atoms with Crippen LogP contribution >= 0.6 is 11.8 Å². The summed E-state index contributed by atoms with van der Waals surface area (Å²) in [5.74, 6) is 0.438. The topological polar surface area (TPSA) is 43.8 Å². The summed E-state index contributed by atoms with van der Waals surface area (Å²) in [5, 5.41) is 0. The van der Waals surface area contributed by atoms with Crippen molar-refractivity contribution in [1.82, 2.24) is 9.55 Å². The van der Waals surface area contributed by atoms with Gasteiger partial charge in [0.05, 0.1) is 12.0 Å². The van der Waals surface area contributed by atoms with Gasteiger partial charge in [-0.15, -0.1) is 0 Å². The summed E-state index contributed by atoms with van der Waals surface area (Å²) in [6, 6.07) is 0.0696. The van der Waals surface area contributed by atoms with Gasteiger partial charge in [0.2, 0.25) is 0 Å². The van der Waals surface area contributed by atoms with E-state index in [1.54, 1.807) is 0 Å². The normalized spacial score (nSPS) is 14.4. The highest BCUT2D eigenvalue weighted by Crippen LogP contribution is 2.26. The molecule has 0 saturated carbocycles. The van der Waals surface area contributed by atoms with Crippen molar-refractivity contribution in [3.63, 3.8) is 0 Å². The molecule has 0 bridgehead atoms. The van der Waals surface area contributed by atoms with E-state index in [0.29, 0.717) is 5.92 Å². The fraction of sp³-hybridized carbons (Fsp3) is 0.750. The minimum atomic E-state index is 0.0696. The lowest BCUT2D eigenvalue weighted by Gasteiger charge is -2.25. The van der Waals surface area contributed by atoms with E-state index in [0.717, 1.165) is 12.2 Å². The Kier molecular flexibility index (Phi) is 4.44. The zero-order chi connectivity index (χ0) is 12.3. The molecule has 0 aliphatic rings. The number of hydrogen-bond donors (Lipinski definition) is 1. The number of aromatic nitrogens is 2. The van der Waals surface area contributed by atoms with E-state index in [2.05, 4.69) is 43.5 Å². The first kappa shape index (κ1) is 13.6. The maximum absolute atomic E-state index is 6.18. The Balaban J connectivity index is 2.86. The van der Waals surface area contributed by atoms with Crippen molar-refractivity contribution < 1.29 is 0 Å². The molecule has 4 heteroatoms. The van der Waals surface area contributed by atoms with Gasteiger partial charge in [-0.3, -0.25) is 0 Å². The first-order valence-electron chi connectivity index (χ1n) is 5.68. The molecule has 0 aromatic carbocycles. The van der Waals surface area contributed by atoms with Gasteiger partial charge in [0.15, 0.2) is 0 Å². The Morgan fingerprint density at radius 2 is 2.12 bits per heavy atom. The second-order valence-electron chi connectivity index (χ2n) is 5.18. The van der Waals surface area contributed by atoms with Crippen LogP contribution in [0.3, 0.4) is 0 Å². The number of hydrogen-bond acceptors (Lipinski definition) is 3. The molecule has 0 radical (unpaired) electrons. The van der Waals surface area contributed by atoms with Gasteiger partial charge in [0.25, 0.3) is 0 Å². The minimum absolute atomic E-state index is 0.0696. The predicted molar refractivity (Wildman–Crippen MR) is 71.6 cm³/mol. The highest BCUT2D eigenvalue weighted by atomic mass is 32.2. The number of nitrogens with two attached hydrogens (primary N) is 1. The maximum Gasteiger partial charge on any atom is 0.0949 e. The smallest absolute Gasteiger partial charge is 0.0949 e. The van der Waals surface area contributed by atoms with E-state index < -0.39 is 0 Å². The van der Waals surface area contributed by atoms with Gasteiger partial charge in [0, 0.05) is 23.5 Å². The molecular weight excluding hydrogens is 218 g/mol. The molecule has 92 valence electrons. The lowest BCUT2D eigenvalue weighted by molar-refractivity contribution is 0.461. The standard InChI is InChI=1S/C12H23N3S/c1-9(2)11(13)10-6-14-8-15(10)7-12(3,4)16-5/h6,8-9,11H,7,13H2,1-5H3. The van der Waals surface area contributed by atoms with Crippen molar-refractivity contribution in [2.75, 3.05) is 6.26 Å². The predicted octanol–water partition coefficient (Wildman–Crippen LogP) is 2.68. The van der Waals surface area contributed by atoms with Gasteiger partial charge in [0.1, 0.15) is 0 Å². The second-order valence-corrected chi connectivity index (χ2v) is 6.69. The van der Waals surface area contributed by atoms with Gasteiger partial charge >= 0.3 is 0 Å². The van der Waals surface area contributed by atoms with Crippen LogP contribution in [0.5, 0.6) is 0 Å². The Morgan fingerprint density at radius 1 is 1.50 bits per heavy atom. The molecule has 0 aliphatic heterocycles. The lowest BCUT2D eigenvalue weighted by Crippen LogP contribution is -2.27. The largest absolute Gasteiger partial charge is 0.332 e. The fourth-order valence-electron chi connectivity index (χ4n) is 1.56. The van der Waals surface area contributed by atoms with E-state index in [9.17, 15) is 0 Å². The molecule has 1 unspecified atom stereocenters. The Bertz CT molecular complexity index is 331. The van der Waals surface area contributed by atoms with Gasteiger partial charge in [-0.2, -0.15) is 11.8 Å². The van der Waals surface area contributed by atoms with Crippen molar-refractivity contribution >= 4 is 11.8 Å². The summed E-state index contributed by atoms with van der Waals surface area (Å²) in [6.07, 6.45) is 5.91. The minimum Gasteiger partial charge on any atom is -0.332 e. The molecule has 0 fully saturated rings. The molecule has 1 atom stereocenters. The van der Waals surface area contributed by atoms with Crippen molar-refractivity contribution in [3.8, 4) is 0 Å². The molecular formula is C12H23N3S. The van der Waals surface area contributed by atoms with Gasteiger partial charge in [-0.05, 0) is 26.0 Å². The number of imidazole rings is 1. The monoisotopic (exact) mass is 241 g/mol. The molecule has 1 aromatic rings. The number of thioether (sulfide) groups is 1. The summed E-state index contributed by atoms with van der Waals surface area (Å²) in [7, 11) is 0. The molecule has 0 saturated heterocycles. The Hall–Kier alpha value is -0.480. The third kappa shape index (κ3) is 3.25. The van der Waals surface area contributed by atoms with Crippen LogP contribution in [0.2, 0.25) is 0 Å². The summed E-state index contributed by atoms with van der Waals surface area (Å²) >= 11 is 1.86. The SMILES string of the molecule is CSC(C)(C)Cn1cncc1C(N)C(C)C. The van der Waals surface area contributed by atoms with E-state index in [1.165, 1.54) is 0 Å². The third-order valence-corrected chi connectivity index (χ3v) is 4.14. The maximum atomic E-state index is 6.18. The second kappa shape index (κ2) is 5.23. The van der Waals surface area contributed by atoms with Crippen molar-refractivity contribution in [2.24, 2.45) is 11.7 Å². The first-order valence-corrected chi connectivity index (χ1v) is 6.90. The Labute approximate surface area is 103 Å². The zero-order valence-electron chi connectivity index (χ0n) is 10.9. The van der Waals surface area contributed by atoms with Gasteiger partial charge in [-0.25, -0.2) is 4.98 Å². The van der Waals surface area contributed by atoms with Gasteiger partial charge < -0.3 is 10.3 Å². The van der Waals surface area contributed by atoms with E-state index >= 15 is 0 Å². The summed E-state index contributed by atoms with van der Waals surface area (Å²) in [4.78, 5) is 4.22. The van der Waals surface area contributed by atoms with Crippen LogP contribution in [-0.2, 0) is 6.54 Å². The lowest BCUT2D eigenvalue weighted by atomic mass is 10.0. The van der Waals surface area contributed by atoms with E-state index in [1.807, 2.05) is 24.3 Å². The molecule has 0 aliphatic carbocycles. The molecule has 3 nitrogen and oxygen atoms in total. The van der Waals surface area contributed by atoms with Crippen molar-refractivity contribution in [2.45, 2.75) is 45.0 Å². The average molecular weight is 241 g/mol. The quantitative estimate of drug-likeness (QED) is 0.862. The van der Waals surface area contributed by atoms with E-state index in [-0.39, 0.29) is 10.8 Å². The molecule has 2 N–H and O–H groups in total. The average Bonchev–Trinajstić information content (AvgIpc) is 2.64. The number of nitrogens with zero attached hydrogens (tertiary/aromatic N) is 2. The first-order chi connectivity index (χ1) is 7.37. The molecule has 1 heterocycles. The molecule has 16 heavy (non-hydrogen) atoms. The third-order valence-electron chi connectivity index (χ3n) is 2.91. The van der Waals surface area contributed by atoms with Crippen LogP contribution in [-0.4, -0.2) is 20.6 Å². The van der Waals surface area contributed by atoms with Crippen LogP contribution in [0, 0.1) is 5.92 Å². The van der Waals surface area contributed by atoms with Crippen LogP contribution in [0.4, 0.5) is 0 Å². The van der Waals surface area contributed by atoms with Crippen molar-refractivity contribution in [1.29, 1.82) is 0 Å². The fourth-order valence-corrected chi connectivity index (χ4v) is 1.83. The summed E-state index contributed by atoms with van der Waals surface area (Å²) < 4.78 is 2.40. The van der Waals surface area contributed by atoms with Crippen LogP contribution in [0.15, 0.2) is 12.5 Å². The highest BCUT2D eigenvalue weighted by Gasteiger charge is 2.21. The van der Waals surface area contributed by atoms with Gasteiger partial charge in [-0.1, -0.05) is 13.8 Å². The van der Waals surface area contributed by atoms with Crippen LogP contribution in [0.25, 0.3) is 0 Å². The highest BCUT2D eigenvalue weighted by molar-refractivity contribution is 7.99. The molecule has 1 rings (SSSR count). The summed E-state index contributed by atoms with van der Waals surface area (Å²) in [6.45, 7) is 9.71. The van der Waals surface area contributed by atoms with Crippen LogP contribution in [0.1, 0.15) is 39.4 Å². The molecule has 0 spiro atoms. The molecule has 0 amide bonds.